The summed E-state index contributed by atoms with van der Waals surface area (Å²) in [5.74, 6) is 0. The Bertz CT molecular complexity index is 384. The molecule has 108 valence electrons. The van der Waals surface area contributed by atoms with E-state index in [0.717, 1.165) is 36.4 Å². The SMILES string of the molecule is CCNC(CCC(C)OC)Cc1ccc(Cl)cc1Cl. The molecule has 0 aliphatic rings. The monoisotopic (exact) mass is 303 g/mol. The van der Waals surface area contributed by atoms with Crippen molar-refractivity contribution in [3.8, 4) is 0 Å². The molecule has 2 nitrogen and oxygen atoms in total. The van der Waals surface area contributed by atoms with Gasteiger partial charge in [0.05, 0.1) is 6.10 Å². The lowest BCUT2D eigenvalue weighted by atomic mass is 10.00. The number of rotatable bonds is 8. The molecule has 2 atom stereocenters. The van der Waals surface area contributed by atoms with Crippen LogP contribution in [0.4, 0.5) is 0 Å². The van der Waals surface area contributed by atoms with Gasteiger partial charge in [0.1, 0.15) is 0 Å². The summed E-state index contributed by atoms with van der Waals surface area (Å²) in [5.41, 5.74) is 1.14. The van der Waals surface area contributed by atoms with Crippen LogP contribution >= 0.6 is 23.2 Å². The second-order valence-corrected chi connectivity index (χ2v) is 5.66. The van der Waals surface area contributed by atoms with E-state index in [4.69, 9.17) is 27.9 Å². The first-order valence-electron chi connectivity index (χ1n) is 6.76. The Kier molecular flexibility index (Phi) is 7.77. The standard InChI is InChI=1S/C15H23Cl2NO/c1-4-18-14(8-5-11(2)19-3)9-12-6-7-13(16)10-15(12)17/h6-7,10-11,14,18H,4-5,8-9H2,1-3H3. The van der Waals surface area contributed by atoms with Crippen LogP contribution in [0.15, 0.2) is 18.2 Å². The predicted molar refractivity (Wildman–Crippen MR) is 83.3 cm³/mol. The van der Waals surface area contributed by atoms with Gasteiger partial charge in [0.15, 0.2) is 0 Å². The first-order valence-corrected chi connectivity index (χ1v) is 7.52. The van der Waals surface area contributed by atoms with Crippen LogP contribution in [0.1, 0.15) is 32.3 Å². The minimum Gasteiger partial charge on any atom is -0.382 e. The average Bonchev–Trinajstić information content (AvgIpc) is 2.38. The molecule has 19 heavy (non-hydrogen) atoms. The maximum atomic E-state index is 6.23. The molecule has 1 aromatic carbocycles. The van der Waals surface area contributed by atoms with Crippen molar-refractivity contribution >= 4 is 23.2 Å². The van der Waals surface area contributed by atoms with Crippen molar-refractivity contribution in [2.45, 2.75) is 45.3 Å². The number of ether oxygens (including phenoxy) is 1. The Hall–Kier alpha value is -0.280. The summed E-state index contributed by atoms with van der Waals surface area (Å²) >= 11 is 12.1. The summed E-state index contributed by atoms with van der Waals surface area (Å²) < 4.78 is 5.30. The van der Waals surface area contributed by atoms with Crippen LogP contribution in [0.2, 0.25) is 10.0 Å². The molecule has 0 aliphatic carbocycles. The second kappa shape index (κ2) is 8.80. The van der Waals surface area contributed by atoms with Gasteiger partial charge in [-0.3, -0.25) is 0 Å². The lowest BCUT2D eigenvalue weighted by Gasteiger charge is -2.20. The van der Waals surface area contributed by atoms with Crippen molar-refractivity contribution in [3.63, 3.8) is 0 Å². The predicted octanol–water partition coefficient (Wildman–Crippen LogP) is 4.33. The van der Waals surface area contributed by atoms with Gasteiger partial charge in [0, 0.05) is 23.2 Å². The highest BCUT2D eigenvalue weighted by atomic mass is 35.5. The van der Waals surface area contributed by atoms with Crippen LogP contribution in [0.3, 0.4) is 0 Å². The van der Waals surface area contributed by atoms with E-state index in [0.29, 0.717) is 17.2 Å². The fraction of sp³-hybridized carbons (Fsp3) is 0.600. The van der Waals surface area contributed by atoms with Crippen molar-refractivity contribution in [2.24, 2.45) is 0 Å². The van der Waals surface area contributed by atoms with E-state index in [1.165, 1.54) is 0 Å². The third-order valence-corrected chi connectivity index (χ3v) is 3.89. The number of benzene rings is 1. The first-order chi connectivity index (χ1) is 9.06. The van der Waals surface area contributed by atoms with Gasteiger partial charge in [-0.15, -0.1) is 0 Å². The molecule has 1 N–H and O–H groups in total. The van der Waals surface area contributed by atoms with E-state index in [1.807, 2.05) is 12.1 Å². The molecule has 0 aromatic heterocycles. The van der Waals surface area contributed by atoms with Crippen molar-refractivity contribution in [1.29, 1.82) is 0 Å². The summed E-state index contributed by atoms with van der Waals surface area (Å²) in [4.78, 5) is 0. The Morgan fingerprint density at radius 3 is 2.58 bits per heavy atom. The number of methoxy groups -OCH3 is 1. The molecule has 0 aliphatic heterocycles. The Morgan fingerprint density at radius 1 is 1.26 bits per heavy atom. The Morgan fingerprint density at radius 2 is 2.00 bits per heavy atom. The lowest BCUT2D eigenvalue weighted by Crippen LogP contribution is -2.32. The molecule has 0 heterocycles. The fourth-order valence-corrected chi connectivity index (χ4v) is 2.56. The van der Waals surface area contributed by atoms with Crippen molar-refractivity contribution in [2.75, 3.05) is 13.7 Å². The summed E-state index contributed by atoms with van der Waals surface area (Å²) in [6.07, 6.45) is 3.32. The summed E-state index contributed by atoms with van der Waals surface area (Å²) in [6.45, 7) is 5.17. The zero-order valence-corrected chi connectivity index (χ0v) is 13.4. The van der Waals surface area contributed by atoms with Crippen LogP contribution in [-0.4, -0.2) is 25.8 Å². The van der Waals surface area contributed by atoms with Gasteiger partial charge in [-0.25, -0.2) is 0 Å². The van der Waals surface area contributed by atoms with E-state index >= 15 is 0 Å². The van der Waals surface area contributed by atoms with E-state index in [1.54, 1.807) is 13.2 Å². The smallest absolute Gasteiger partial charge is 0.0543 e. The third kappa shape index (κ3) is 6.13. The summed E-state index contributed by atoms with van der Waals surface area (Å²) in [6, 6.07) is 6.12. The highest BCUT2D eigenvalue weighted by Gasteiger charge is 2.12. The van der Waals surface area contributed by atoms with Crippen molar-refractivity contribution in [3.05, 3.63) is 33.8 Å². The summed E-state index contributed by atoms with van der Waals surface area (Å²) in [5, 5.41) is 4.93. The molecule has 0 bridgehead atoms. The molecule has 1 aromatic rings. The van der Waals surface area contributed by atoms with E-state index in [2.05, 4.69) is 19.2 Å². The van der Waals surface area contributed by atoms with Gasteiger partial charge in [-0.1, -0.05) is 36.2 Å². The molecule has 0 fully saturated rings. The van der Waals surface area contributed by atoms with Crippen LogP contribution in [0.5, 0.6) is 0 Å². The topological polar surface area (TPSA) is 21.3 Å². The van der Waals surface area contributed by atoms with Crippen LogP contribution in [0.25, 0.3) is 0 Å². The minimum atomic E-state index is 0.293. The lowest BCUT2D eigenvalue weighted by molar-refractivity contribution is 0.106. The fourth-order valence-electron chi connectivity index (χ4n) is 2.07. The summed E-state index contributed by atoms with van der Waals surface area (Å²) in [7, 11) is 1.75. The average molecular weight is 304 g/mol. The Balaban J connectivity index is 2.61. The van der Waals surface area contributed by atoms with Gasteiger partial charge in [0.2, 0.25) is 0 Å². The quantitative estimate of drug-likeness (QED) is 0.772. The minimum absolute atomic E-state index is 0.293. The molecule has 4 heteroatoms. The highest BCUT2D eigenvalue weighted by molar-refractivity contribution is 6.35. The highest BCUT2D eigenvalue weighted by Crippen LogP contribution is 2.23. The Labute approximate surface area is 126 Å². The number of halogens is 2. The van der Waals surface area contributed by atoms with Gasteiger partial charge in [-0.05, 0) is 50.4 Å². The number of nitrogens with one attached hydrogen (secondary N) is 1. The molecular formula is C15H23Cl2NO. The van der Waals surface area contributed by atoms with Crippen molar-refractivity contribution in [1.82, 2.24) is 5.32 Å². The maximum Gasteiger partial charge on any atom is 0.0543 e. The molecule has 2 unspecified atom stereocenters. The van der Waals surface area contributed by atoms with Crippen LogP contribution in [0, 0.1) is 0 Å². The van der Waals surface area contributed by atoms with E-state index < -0.39 is 0 Å². The first kappa shape index (κ1) is 16.8. The number of likely N-dealkylation sites (N-methyl/N-ethyl adjacent to an activating group) is 1. The molecule has 0 saturated carbocycles. The number of hydrogen-bond acceptors (Lipinski definition) is 2. The zero-order valence-electron chi connectivity index (χ0n) is 11.9. The normalized spacial score (nSPS) is 14.4. The van der Waals surface area contributed by atoms with E-state index in [-0.39, 0.29) is 0 Å². The molecular weight excluding hydrogens is 281 g/mol. The largest absolute Gasteiger partial charge is 0.382 e. The second-order valence-electron chi connectivity index (χ2n) is 4.82. The van der Waals surface area contributed by atoms with Gasteiger partial charge < -0.3 is 10.1 Å². The molecule has 0 amide bonds. The van der Waals surface area contributed by atoms with Gasteiger partial charge >= 0.3 is 0 Å². The molecule has 1 rings (SSSR count). The van der Waals surface area contributed by atoms with E-state index in [9.17, 15) is 0 Å². The van der Waals surface area contributed by atoms with Gasteiger partial charge in [0.25, 0.3) is 0 Å². The van der Waals surface area contributed by atoms with Crippen LogP contribution in [-0.2, 0) is 11.2 Å². The molecule has 0 spiro atoms. The third-order valence-electron chi connectivity index (χ3n) is 3.30. The molecule has 0 radical (unpaired) electrons. The zero-order chi connectivity index (χ0) is 14.3. The number of hydrogen-bond donors (Lipinski definition) is 1. The maximum absolute atomic E-state index is 6.23. The van der Waals surface area contributed by atoms with Gasteiger partial charge in [-0.2, -0.15) is 0 Å². The van der Waals surface area contributed by atoms with Crippen molar-refractivity contribution < 1.29 is 4.74 Å². The van der Waals surface area contributed by atoms with Crippen LogP contribution < -0.4 is 5.32 Å². The molecule has 0 saturated heterocycles.